The maximum Gasteiger partial charge on any atom is 0.228 e. The molecule has 1 amide bonds. The zero-order valence-corrected chi connectivity index (χ0v) is 13.8. The second-order valence-corrected chi connectivity index (χ2v) is 6.80. The molecule has 1 saturated heterocycles. The molecule has 1 saturated carbocycles. The van der Waals surface area contributed by atoms with Crippen LogP contribution in [0, 0.1) is 17.2 Å². The predicted octanol–water partition coefficient (Wildman–Crippen LogP) is 3.34. The standard InChI is InChI=1S/C19H20FN3O2/c20-13-1-4-15(5-2-13)25-17-6-3-14(12-22-17)23-18(24)16-11-19(16)7-9-21-10-8-19/h1-6,12,16,21H,7-11H2,(H,23,24). The molecule has 2 fully saturated rings. The number of carbonyl (C=O) groups excluding carboxylic acids is 1. The number of benzene rings is 1. The quantitative estimate of drug-likeness (QED) is 0.895. The van der Waals surface area contributed by atoms with Gasteiger partial charge >= 0.3 is 0 Å². The van der Waals surface area contributed by atoms with E-state index < -0.39 is 0 Å². The van der Waals surface area contributed by atoms with Crippen LogP contribution in [0.3, 0.4) is 0 Å². The fourth-order valence-electron chi connectivity index (χ4n) is 3.56. The van der Waals surface area contributed by atoms with E-state index in [-0.39, 0.29) is 23.1 Å². The van der Waals surface area contributed by atoms with Crippen molar-refractivity contribution in [1.29, 1.82) is 0 Å². The lowest BCUT2D eigenvalue weighted by Crippen LogP contribution is -2.31. The summed E-state index contributed by atoms with van der Waals surface area (Å²) in [5.74, 6) is 0.785. The van der Waals surface area contributed by atoms with Crippen LogP contribution in [0.5, 0.6) is 11.6 Å². The van der Waals surface area contributed by atoms with Gasteiger partial charge in [-0.1, -0.05) is 0 Å². The highest BCUT2D eigenvalue weighted by Crippen LogP contribution is 2.58. The van der Waals surface area contributed by atoms with Crippen LogP contribution < -0.4 is 15.4 Å². The van der Waals surface area contributed by atoms with E-state index in [1.54, 1.807) is 18.3 Å². The maximum absolute atomic E-state index is 12.9. The third-order valence-corrected chi connectivity index (χ3v) is 5.15. The van der Waals surface area contributed by atoms with Crippen molar-refractivity contribution in [2.24, 2.45) is 11.3 Å². The van der Waals surface area contributed by atoms with Crippen molar-refractivity contribution in [2.75, 3.05) is 18.4 Å². The van der Waals surface area contributed by atoms with Gasteiger partial charge in [0.05, 0.1) is 11.9 Å². The Balaban J connectivity index is 1.34. The van der Waals surface area contributed by atoms with Crippen molar-refractivity contribution in [3.8, 4) is 11.6 Å². The number of pyridine rings is 1. The number of nitrogens with zero attached hydrogens (tertiary/aromatic N) is 1. The number of hydrogen-bond acceptors (Lipinski definition) is 4. The summed E-state index contributed by atoms with van der Waals surface area (Å²) in [6, 6.07) is 9.19. The van der Waals surface area contributed by atoms with E-state index in [9.17, 15) is 9.18 Å². The highest BCUT2D eigenvalue weighted by Gasteiger charge is 2.57. The van der Waals surface area contributed by atoms with E-state index in [1.807, 2.05) is 0 Å². The minimum absolute atomic E-state index is 0.0795. The molecule has 1 aromatic heterocycles. The van der Waals surface area contributed by atoms with Gasteiger partial charge < -0.3 is 15.4 Å². The van der Waals surface area contributed by atoms with Crippen LogP contribution in [0.1, 0.15) is 19.3 Å². The highest BCUT2D eigenvalue weighted by molar-refractivity contribution is 5.95. The Labute approximate surface area is 145 Å². The van der Waals surface area contributed by atoms with Crippen molar-refractivity contribution in [3.63, 3.8) is 0 Å². The summed E-state index contributed by atoms with van der Waals surface area (Å²) in [5.41, 5.74) is 0.876. The van der Waals surface area contributed by atoms with Gasteiger partial charge in [-0.05, 0) is 68.1 Å². The molecule has 0 radical (unpaired) electrons. The molecule has 130 valence electrons. The summed E-state index contributed by atoms with van der Waals surface area (Å²) in [6.45, 7) is 2.00. The summed E-state index contributed by atoms with van der Waals surface area (Å²) in [6.07, 6.45) is 4.72. The van der Waals surface area contributed by atoms with Crippen LogP contribution >= 0.6 is 0 Å². The van der Waals surface area contributed by atoms with E-state index in [0.29, 0.717) is 17.3 Å². The van der Waals surface area contributed by atoms with Crippen LogP contribution in [0.25, 0.3) is 0 Å². The Morgan fingerprint density at radius 1 is 1.20 bits per heavy atom. The first-order chi connectivity index (χ1) is 12.1. The first-order valence-corrected chi connectivity index (χ1v) is 8.56. The third-order valence-electron chi connectivity index (χ3n) is 5.15. The average molecular weight is 341 g/mol. The molecule has 1 aliphatic carbocycles. The number of aromatic nitrogens is 1. The van der Waals surface area contributed by atoms with Crippen LogP contribution in [0.4, 0.5) is 10.1 Å². The minimum Gasteiger partial charge on any atom is -0.439 e. The lowest BCUT2D eigenvalue weighted by Gasteiger charge is -2.23. The monoisotopic (exact) mass is 341 g/mol. The molecule has 2 aliphatic rings. The van der Waals surface area contributed by atoms with Gasteiger partial charge in [-0.2, -0.15) is 0 Å². The molecular weight excluding hydrogens is 321 g/mol. The number of nitrogens with one attached hydrogen (secondary N) is 2. The highest BCUT2D eigenvalue weighted by atomic mass is 19.1. The summed E-state index contributed by atoms with van der Waals surface area (Å²) >= 11 is 0. The number of piperidine rings is 1. The van der Waals surface area contributed by atoms with Crippen LogP contribution in [-0.4, -0.2) is 24.0 Å². The van der Waals surface area contributed by atoms with E-state index in [2.05, 4.69) is 15.6 Å². The number of amides is 1. The zero-order chi connectivity index (χ0) is 17.3. The van der Waals surface area contributed by atoms with Gasteiger partial charge in [-0.15, -0.1) is 0 Å². The molecule has 25 heavy (non-hydrogen) atoms. The Kier molecular flexibility index (Phi) is 4.13. The van der Waals surface area contributed by atoms with E-state index in [4.69, 9.17) is 4.74 Å². The predicted molar refractivity (Wildman–Crippen MR) is 92.0 cm³/mol. The molecule has 1 spiro atoms. The second-order valence-electron chi connectivity index (χ2n) is 6.80. The molecule has 1 atom stereocenters. The van der Waals surface area contributed by atoms with Crippen molar-refractivity contribution < 1.29 is 13.9 Å². The maximum atomic E-state index is 12.9. The number of rotatable bonds is 4. The first kappa shape index (κ1) is 16.0. The second kappa shape index (κ2) is 6.44. The number of halogens is 1. The number of hydrogen-bond donors (Lipinski definition) is 2. The fraction of sp³-hybridized carbons (Fsp3) is 0.368. The van der Waals surface area contributed by atoms with E-state index in [0.717, 1.165) is 32.4 Å². The zero-order valence-electron chi connectivity index (χ0n) is 13.8. The lowest BCUT2D eigenvalue weighted by molar-refractivity contribution is -0.118. The largest absolute Gasteiger partial charge is 0.439 e. The Morgan fingerprint density at radius 3 is 2.64 bits per heavy atom. The van der Waals surface area contributed by atoms with Crippen LogP contribution in [0.15, 0.2) is 42.6 Å². The normalized spacial score (nSPS) is 20.9. The van der Waals surface area contributed by atoms with Crippen molar-refractivity contribution in [3.05, 3.63) is 48.4 Å². The smallest absolute Gasteiger partial charge is 0.228 e. The van der Waals surface area contributed by atoms with E-state index >= 15 is 0 Å². The van der Waals surface area contributed by atoms with Gasteiger partial charge in [0.1, 0.15) is 11.6 Å². The Hall–Kier alpha value is -2.47. The number of anilines is 1. The SMILES string of the molecule is O=C(Nc1ccc(Oc2ccc(F)cc2)nc1)C1CC12CCNCC2. The third kappa shape index (κ3) is 3.49. The summed E-state index contributed by atoms with van der Waals surface area (Å²) in [4.78, 5) is 16.6. The molecule has 1 unspecified atom stereocenters. The van der Waals surface area contributed by atoms with Gasteiger partial charge in [-0.25, -0.2) is 9.37 Å². The van der Waals surface area contributed by atoms with Crippen molar-refractivity contribution >= 4 is 11.6 Å². The summed E-state index contributed by atoms with van der Waals surface area (Å²) in [7, 11) is 0. The van der Waals surface area contributed by atoms with Gasteiger partial charge in [-0.3, -0.25) is 4.79 Å². The van der Waals surface area contributed by atoms with E-state index in [1.165, 1.54) is 24.3 Å². The van der Waals surface area contributed by atoms with Crippen LogP contribution in [-0.2, 0) is 4.79 Å². The Bertz CT molecular complexity index is 755. The number of ether oxygens (including phenoxy) is 1. The Morgan fingerprint density at radius 2 is 1.96 bits per heavy atom. The molecule has 1 aromatic carbocycles. The molecule has 5 nitrogen and oxygen atoms in total. The topological polar surface area (TPSA) is 63.2 Å². The molecule has 2 N–H and O–H groups in total. The van der Waals surface area contributed by atoms with Gasteiger partial charge in [0, 0.05) is 12.0 Å². The fourth-order valence-corrected chi connectivity index (χ4v) is 3.56. The van der Waals surface area contributed by atoms with Crippen molar-refractivity contribution in [1.82, 2.24) is 10.3 Å². The number of carbonyl (C=O) groups is 1. The molecule has 6 heteroatoms. The lowest BCUT2D eigenvalue weighted by atomic mass is 9.92. The molecule has 1 aliphatic heterocycles. The summed E-state index contributed by atoms with van der Waals surface area (Å²) < 4.78 is 18.4. The van der Waals surface area contributed by atoms with Crippen LogP contribution in [0.2, 0.25) is 0 Å². The van der Waals surface area contributed by atoms with Gasteiger partial charge in [0.25, 0.3) is 0 Å². The van der Waals surface area contributed by atoms with Crippen molar-refractivity contribution in [2.45, 2.75) is 19.3 Å². The van der Waals surface area contributed by atoms with Gasteiger partial charge in [0.2, 0.25) is 11.8 Å². The first-order valence-electron chi connectivity index (χ1n) is 8.56. The minimum atomic E-state index is -0.315. The molecule has 0 bridgehead atoms. The molecule has 2 aromatic rings. The average Bonchev–Trinajstić information content (AvgIpc) is 3.32. The summed E-state index contributed by atoms with van der Waals surface area (Å²) in [5, 5.41) is 6.29. The van der Waals surface area contributed by atoms with Gasteiger partial charge in [0.15, 0.2) is 0 Å². The molecule has 2 heterocycles. The molecule has 4 rings (SSSR count). The molecular formula is C19H20FN3O2.